The van der Waals surface area contributed by atoms with E-state index < -0.39 is 0 Å². The van der Waals surface area contributed by atoms with Crippen LogP contribution in [0.15, 0.2) is 36.4 Å². The SMILES string of the molecule is CCc1ccc(C(=O)c2cc(N)cc(Cl)c2)cc1CC. The van der Waals surface area contributed by atoms with Crippen molar-refractivity contribution in [2.45, 2.75) is 26.7 Å². The molecule has 0 aliphatic heterocycles. The lowest BCUT2D eigenvalue weighted by Crippen LogP contribution is -2.04. The molecule has 2 nitrogen and oxygen atoms in total. The minimum absolute atomic E-state index is 0.0449. The van der Waals surface area contributed by atoms with Crippen LogP contribution in [-0.4, -0.2) is 5.78 Å². The van der Waals surface area contributed by atoms with Crippen LogP contribution in [0.25, 0.3) is 0 Å². The van der Waals surface area contributed by atoms with Gasteiger partial charge in [-0.2, -0.15) is 0 Å². The lowest BCUT2D eigenvalue weighted by molar-refractivity contribution is 0.103. The molecule has 0 spiro atoms. The molecule has 0 saturated carbocycles. The zero-order valence-corrected chi connectivity index (χ0v) is 12.5. The number of aryl methyl sites for hydroxylation is 2. The maximum atomic E-state index is 12.5. The second-order valence-corrected chi connectivity index (χ2v) is 5.23. The van der Waals surface area contributed by atoms with Crippen molar-refractivity contribution in [3.63, 3.8) is 0 Å². The summed E-state index contributed by atoms with van der Waals surface area (Å²) in [5.41, 5.74) is 9.95. The monoisotopic (exact) mass is 287 g/mol. The van der Waals surface area contributed by atoms with E-state index in [0.717, 1.165) is 12.8 Å². The molecule has 0 atom stereocenters. The summed E-state index contributed by atoms with van der Waals surface area (Å²) in [7, 11) is 0. The molecule has 0 amide bonds. The minimum Gasteiger partial charge on any atom is -0.399 e. The normalized spacial score (nSPS) is 10.6. The Kier molecular flexibility index (Phi) is 4.46. The van der Waals surface area contributed by atoms with E-state index in [1.807, 2.05) is 18.2 Å². The van der Waals surface area contributed by atoms with E-state index in [-0.39, 0.29) is 5.78 Å². The summed E-state index contributed by atoms with van der Waals surface area (Å²) in [5, 5.41) is 0.481. The van der Waals surface area contributed by atoms with Gasteiger partial charge in [-0.25, -0.2) is 0 Å². The van der Waals surface area contributed by atoms with Crippen LogP contribution in [0.3, 0.4) is 0 Å². The fraction of sp³-hybridized carbons (Fsp3) is 0.235. The average molecular weight is 288 g/mol. The van der Waals surface area contributed by atoms with Crippen LogP contribution in [0.5, 0.6) is 0 Å². The van der Waals surface area contributed by atoms with Gasteiger partial charge in [0.05, 0.1) is 0 Å². The van der Waals surface area contributed by atoms with Crippen molar-refractivity contribution < 1.29 is 4.79 Å². The second kappa shape index (κ2) is 6.10. The maximum absolute atomic E-state index is 12.5. The molecule has 2 rings (SSSR count). The number of carbonyl (C=O) groups is 1. The van der Waals surface area contributed by atoms with E-state index in [0.29, 0.717) is 21.8 Å². The third kappa shape index (κ3) is 3.02. The zero-order valence-electron chi connectivity index (χ0n) is 11.7. The van der Waals surface area contributed by atoms with Gasteiger partial charge < -0.3 is 5.73 Å². The van der Waals surface area contributed by atoms with Gasteiger partial charge in [0.25, 0.3) is 0 Å². The molecule has 104 valence electrons. The van der Waals surface area contributed by atoms with E-state index in [4.69, 9.17) is 17.3 Å². The van der Waals surface area contributed by atoms with E-state index in [2.05, 4.69) is 13.8 Å². The molecule has 0 saturated heterocycles. The van der Waals surface area contributed by atoms with Crippen molar-refractivity contribution in [3.8, 4) is 0 Å². The Balaban J connectivity index is 2.42. The number of ketones is 1. The predicted octanol–water partition coefficient (Wildman–Crippen LogP) is 4.28. The first-order valence-electron chi connectivity index (χ1n) is 6.77. The van der Waals surface area contributed by atoms with Crippen molar-refractivity contribution in [1.82, 2.24) is 0 Å². The van der Waals surface area contributed by atoms with Crippen LogP contribution in [0.1, 0.15) is 40.9 Å². The second-order valence-electron chi connectivity index (χ2n) is 4.79. The summed E-state index contributed by atoms with van der Waals surface area (Å²) in [6, 6.07) is 10.8. The van der Waals surface area contributed by atoms with Gasteiger partial charge in [0.1, 0.15) is 0 Å². The molecular formula is C17H18ClNO. The van der Waals surface area contributed by atoms with Crippen LogP contribution >= 0.6 is 11.6 Å². The van der Waals surface area contributed by atoms with Gasteiger partial charge in [0.2, 0.25) is 0 Å². The molecule has 0 bridgehead atoms. The summed E-state index contributed by atoms with van der Waals surface area (Å²) in [5.74, 6) is -0.0449. The molecular weight excluding hydrogens is 270 g/mol. The Morgan fingerprint density at radius 3 is 2.30 bits per heavy atom. The molecule has 0 fully saturated rings. The van der Waals surface area contributed by atoms with E-state index in [1.54, 1.807) is 18.2 Å². The molecule has 2 aromatic rings. The highest BCUT2D eigenvalue weighted by atomic mass is 35.5. The number of rotatable bonds is 4. The first-order chi connectivity index (χ1) is 9.55. The van der Waals surface area contributed by atoms with Crippen LogP contribution in [0, 0.1) is 0 Å². The van der Waals surface area contributed by atoms with Crippen molar-refractivity contribution in [2.24, 2.45) is 0 Å². The lowest BCUT2D eigenvalue weighted by Gasteiger charge is -2.09. The Labute approximate surface area is 124 Å². The molecule has 0 aromatic heterocycles. The van der Waals surface area contributed by atoms with Gasteiger partial charge in [-0.15, -0.1) is 0 Å². The molecule has 0 aliphatic rings. The zero-order chi connectivity index (χ0) is 14.7. The Hall–Kier alpha value is -1.80. The number of nitrogen functional groups attached to an aromatic ring is 1. The first-order valence-corrected chi connectivity index (χ1v) is 7.15. The average Bonchev–Trinajstić information content (AvgIpc) is 2.44. The van der Waals surface area contributed by atoms with Crippen LogP contribution in [0.4, 0.5) is 5.69 Å². The Morgan fingerprint density at radius 2 is 1.70 bits per heavy atom. The Morgan fingerprint density at radius 1 is 1.00 bits per heavy atom. The fourth-order valence-electron chi connectivity index (χ4n) is 2.35. The molecule has 20 heavy (non-hydrogen) atoms. The molecule has 3 heteroatoms. The summed E-state index contributed by atoms with van der Waals surface area (Å²) in [4.78, 5) is 12.5. The van der Waals surface area contributed by atoms with Gasteiger partial charge in [0, 0.05) is 21.8 Å². The number of hydrogen-bond donors (Lipinski definition) is 1. The van der Waals surface area contributed by atoms with Gasteiger partial charge in [-0.1, -0.05) is 37.6 Å². The highest BCUT2D eigenvalue weighted by molar-refractivity contribution is 6.31. The van der Waals surface area contributed by atoms with E-state index in [1.165, 1.54) is 11.1 Å². The van der Waals surface area contributed by atoms with Gasteiger partial charge >= 0.3 is 0 Å². The third-order valence-corrected chi connectivity index (χ3v) is 3.63. The lowest BCUT2D eigenvalue weighted by atomic mass is 9.96. The van der Waals surface area contributed by atoms with Crippen molar-refractivity contribution >= 4 is 23.1 Å². The third-order valence-electron chi connectivity index (χ3n) is 3.41. The largest absolute Gasteiger partial charge is 0.399 e. The minimum atomic E-state index is -0.0449. The molecule has 2 N–H and O–H groups in total. The quantitative estimate of drug-likeness (QED) is 0.674. The van der Waals surface area contributed by atoms with Crippen molar-refractivity contribution in [3.05, 3.63) is 63.7 Å². The molecule has 0 unspecified atom stereocenters. The van der Waals surface area contributed by atoms with Crippen LogP contribution in [-0.2, 0) is 12.8 Å². The highest BCUT2D eigenvalue weighted by Crippen LogP contribution is 2.21. The first kappa shape index (κ1) is 14.6. The fourth-order valence-corrected chi connectivity index (χ4v) is 2.59. The smallest absolute Gasteiger partial charge is 0.193 e. The number of benzene rings is 2. The van der Waals surface area contributed by atoms with E-state index in [9.17, 15) is 4.79 Å². The van der Waals surface area contributed by atoms with Crippen molar-refractivity contribution in [2.75, 3.05) is 5.73 Å². The van der Waals surface area contributed by atoms with Gasteiger partial charge in [-0.05, 0) is 48.2 Å². The standard InChI is InChI=1S/C17H18ClNO/c1-3-11-5-6-13(7-12(11)4-2)17(20)14-8-15(18)10-16(19)9-14/h5-10H,3-4,19H2,1-2H3. The molecule has 0 heterocycles. The molecule has 0 radical (unpaired) electrons. The number of hydrogen-bond acceptors (Lipinski definition) is 2. The summed E-state index contributed by atoms with van der Waals surface area (Å²) < 4.78 is 0. The number of halogens is 1. The number of nitrogens with two attached hydrogens (primary N) is 1. The van der Waals surface area contributed by atoms with Gasteiger partial charge in [-0.3, -0.25) is 4.79 Å². The summed E-state index contributed by atoms with van der Waals surface area (Å²) in [6.07, 6.45) is 1.89. The topological polar surface area (TPSA) is 43.1 Å². The number of carbonyl (C=O) groups excluding carboxylic acids is 1. The van der Waals surface area contributed by atoms with Crippen molar-refractivity contribution in [1.29, 1.82) is 0 Å². The highest BCUT2D eigenvalue weighted by Gasteiger charge is 2.12. The Bertz CT molecular complexity index is 629. The number of anilines is 1. The van der Waals surface area contributed by atoms with Crippen LogP contribution in [0.2, 0.25) is 5.02 Å². The molecule has 0 aliphatic carbocycles. The maximum Gasteiger partial charge on any atom is 0.193 e. The van der Waals surface area contributed by atoms with E-state index >= 15 is 0 Å². The summed E-state index contributed by atoms with van der Waals surface area (Å²) in [6.45, 7) is 4.22. The predicted molar refractivity (Wildman–Crippen MR) is 84.5 cm³/mol. The summed E-state index contributed by atoms with van der Waals surface area (Å²) >= 11 is 5.96. The molecule has 2 aromatic carbocycles. The van der Waals surface area contributed by atoms with Gasteiger partial charge in [0.15, 0.2) is 5.78 Å². The van der Waals surface area contributed by atoms with Crippen LogP contribution < -0.4 is 5.73 Å².